The topological polar surface area (TPSA) is 296 Å². The second-order valence-electron chi connectivity index (χ2n) is 8.98. The van der Waals surface area contributed by atoms with Gasteiger partial charge in [0.05, 0.1) is 13.1 Å². The van der Waals surface area contributed by atoms with Crippen molar-refractivity contribution in [3.63, 3.8) is 0 Å². The van der Waals surface area contributed by atoms with Crippen LogP contribution in [0, 0.1) is 0 Å². The van der Waals surface area contributed by atoms with E-state index in [1.807, 2.05) is 0 Å². The number of nitrogens with two attached hydrogens (primary N) is 4. The van der Waals surface area contributed by atoms with E-state index in [9.17, 15) is 33.6 Å². The molecule has 0 aliphatic heterocycles. The van der Waals surface area contributed by atoms with Gasteiger partial charge in [-0.1, -0.05) is 6.92 Å². The number of urea groups is 1. The summed E-state index contributed by atoms with van der Waals surface area (Å²) in [6.45, 7) is 2.80. The molecule has 4 unspecified atom stereocenters. The zero-order valence-corrected chi connectivity index (χ0v) is 23.0. The molecule has 0 aliphatic rings. The number of hydrogen-bond acceptors (Lipinski definition) is 9. The minimum Gasteiger partial charge on any atom is -0.368 e. The van der Waals surface area contributed by atoms with Gasteiger partial charge < -0.3 is 54.8 Å². The lowest BCUT2D eigenvalue weighted by molar-refractivity contribution is -0.134. The highest BCUT2D eigenvalue weighted by molar-refractivity contribution is 5.95. The first-order valence-corrected chi connectivity index (χ1v) is 13.1. The minimum atomic E-state index is -1.13. The number of primary amides is 2. The SMILES string of the molecule is CCC(NC(=O)C(CCCCN)NC(=O)C(C)NC(=O)C(CCCNC(N)=O)NC(=O)CNC(=O)CN)C(N)=O. The van der Waals surface area contributed by atoms with Gasteiger partial charge in [0.2, 0.25) is 35.4 Å². The highest BCUT2D eigenvalue weighted by atomic mass is 16.2. The Labute approximate surface area is 233 Å². The van der Waals surface area contributed by atoms with Crippen LogP contribution in [0.4, 0.5) is 4.79 Å². The largest absolute Gasteiger partial charge is 0.368 e. The summed E-state index contributed by atoms with van der Waals surface area (Å²) in [6.07, 6.45) is 1.90. The Balaban J connectivity index is 5.37. The Kier molecular flexibility index (Phi) is 18.0. The Morgan fingerprint density at radius 1 is 0.675 bits per heavy atom. The van der Waals surface area contributed by atoms with E-state index in [1.165, 1.54) is 6.92 Å². The Bertz CT molecular complexity index is 886. The van der Waals surface area contributed by atoms with Crippen molar-refractivity contribution < 1.29 is 33.6 Å². The fraction of sp³-hybridized carbons (Fsp3) is 0.696. The van der Waals surface area contributed by atoms with E-state index < -0.39 is 72.2 Å². The van der Waals surface area contributed by atoms with Crippen LogP contribution in [0.3, 0.4) is 0 Å². The van der Waals surface area contributed by atoms with Crippen molar-refractivity contribution in [2.24, 2.45) is 22.9 Å². The highest BCUT2D eigenvalue weighted by Crippen LogP contribution is 2.04. The molecule has 0 heterocycles. The van der Waals surface area contributed by atoms with Gasteiger partial charge in [0.15, 0.2) is 0 Å². The Morgan fingerprint density at radius 2 is 1.25 bits per heavy atom. The Hall–Kier alpha value is -3.99. The zero-order valence-electron chi connectivity index (χ0n) is 23.0. The molecule has 0 fully saturated rings. The zero-order chi connectivity index (χ0) is 30.7. The van der Waals surface area contributed by atoms with Gasteiger partial charge in [-0.3, -0.25) is 28.8 Å². The van der Waals surface area contributed by atoms with Crippen molar-refractivity contribution >= 4 is 41.5 Å². The molecule has 0 aliphatic carbocycles. The van der Waals surface area contributed by atoms with Gasteiger partial charge in [0, 0.05) is 6.54 Å². The monoisotopic (exact) mass is 572 g/mol. The summed E-state index contributed by atoms with van der Waals surface area (Å²) in [5.74, 6) is -3.99. The van der Waals surface area contributed by atoms with Crippen molar-refractivity contribution in [1.82, 2.24) is 31.9 Å². The average molecular weight is 573 g/mol. The number of carbonyl (C=O) groups excluding carboxylic acids is 7. The van der Waals surface area contributed by atoms with E-state index in [2.05, 4.69) is 31.9 Å². The summed E-state index contributed by atoms with van der Waals surface area (Å²) < 4.78 is 0. The molecule has 0 rings (SSSR count). The van der Waals surface area contributed by atoms with Gasteiger partial charge in [-0.2, -0.15) is 0 Å². The maximum atomic E-state index is 12.9. The summed E-state index contributed by atoms with van der Waals surface area (Å²) in [7, 11) is 0. The lowest BCUT2D eigenvalue weighted by atomic mass is 10.1. The molecule has 8 amide bonds. The number of rotatable bonds is 20. The van der Waals surface area contributed by atoms with Crippen LogP contribution in [0.15, 0.2) is 0 Å². The lowest BCUT2D eigenvalue weighted by Crippen LogP contribution is -2.57. The van der Waals surface area contributed by atoms with Gasteiger partial charge >= 0.3 is 6.03 Å². The second-order valence-corrected chi connectivity index (χ2v) is 8.98. The molecule has 17 nitrogen and oxygen atoms in total. The normalized spacial score (nSPS) is 13.5. The van der Waals surface area contributed by atoms with Gasteiger partial charge in [-0.05, 0) is 52.0 Å². The van der Waals surface area contributed by atoms with E-state index in [-0.39, 0.29) is 38.8 Å². The van der Waals surface area contributed by atoms with Crippen molar-refractivity contribution in [1.29, 1.82) is 0 Å². The molecule has 228 valence electrons. The smallest absolute Gasteiger partial charge is 0.312 e. The van der Waals surface area contributed by atoms with Crippen LogP contribution < -0.4 is 54.8 Å². The summed E-state index contributed by atoms with van der Waals surface area (Å²) in [6, 6.07) is -4.95. The molecule has 14 N–H and O–H groups in total. The average Bonchev–Trinajstić information content (AvgIpc) is 2.90. The molecular formula is C23H44N10O7. The predicted octanol–water partition coefficient (Wildman–Crippen LogP) is -4.51. The van der Waals surface area contributed by atoms with E-state index in [0.717, 1.165) is 0 Å². The maximum Gasteiger partial charge on any atom is 0.312 e. The number of nitrogens with one attached hydrogen (secondary N) is 6. The molecule has 4 atom stereocenters. The van der Waals surface area contributed by atoms with Crippen LogP contribution in [0.2, 0.25) is 0 Å². The first-order valence-electron chi connectivity index (χ1n) is 13.1. The molecule has 0 aromatic rings. The fourth-order valence-corrected chi connectivity index (χ4v) is 3.37. The van der Waals surface area contributed by atoms with Gasteiger partial charge in [-0.25, -0.2) is 4.79 Å². The number of unbranched alkanes of at least 4 members (excludes halogenated alkanes) is 1. The summed E-state index contributed by atoms with van der Waals surface area (Å²) in [4.78, 5) is 84.6. The number of amides is 8. The van der Waals surface area contributed by atoms with Gasteiger partial charge in [0.25, 0.3) is 0 Å². The van der Waals surface area contributed by atoms with E-state index in [4.69, 9.17) is 22.9 Å². The molecule has 0 radical (unpaired) electrons. The second kappa shape index (κ2) is 20.0. The Morgan fingerprint density at radius 3 is 1.80 bits per heavy atom. The highest BCUT2D eigenvalue weighted by Gasteiger charge is 2.28. The quantitative estimate of drug-likeness (QED) is 0.0628. The van der Waals surface area contributed by atoms with Gasteiger partial charge in [0.1, 0.15) is 24.2 Å². The van der Waals surface area contributed by atoms with Crippen LogP contribution in [-0.2, 0) is 28.8 Å². The first-order chi connectivity index (χ1) is 18.9. The van der Waals surface area contributed by atoms with Crippen LogP contribution in [0.5, 0.6) is 0 Å². The fourth-order valence-electron chi connectivity index (χ4n) is 3.37. The standard InChI is InChI=1S/C23H44N10O7/c1-3-14(19(26)36)32-22(39)16(7-4-5-9-24)33-20(37)13(2)30-21(38)15(8-6-10-28-23(27)40)31-18(35)12-29-17(34)11-25/h13-16H,3-12,24-25H2,1-2H3,(H2,26,36)(H,29,34)(H,30,38)(H,31,35)(H,32,39)(H,33,37)(H3,27,28,40). The third kappa shape index (κ3) is 15.4. The molecule has 0 saturated heterocycles. The maximum absolute atomic E-state index is 12.9. The molecule has 0 spiro atoms. The molecular weight excluding hydrogens is 528 g/mol. The van der Waals surface area contributed by atoms with Crippen molar-refractivity contribution in [2.45, 2.75) is 76.5 Å². The molecule has 0 aromatic carbocycles. The number of carbonyl (C=O) groups is 7. The summed E-state index contributed by atoms with van der Waals surface area (Å²) in [5.41, 5.74) is 21.0. The molecule has 17 heteroatoms. The van der Waals surface area contributed by atoms with Crippen molar-refractivity contribution in [3.05, 3.63) is 0 Å². The minimum absolute atomic E-state index is 0.0622. The van der Waals surface area contributed by atoms with Crippen molar-refractivity contribution in [3.8, 4) is 0 Å². The third-order valence-corrected chi connectivity index (χ3v) is 5.65. The molecule has 0 saturated carbocycles. The number of hydrogen-bond donors (Lipinski definition) is 10. The summed E-state index contributed by atoms with van der Waals surface area (Å²) >= 11 is 0. The van der Waals surface area contributed by atoms with Crippen LogP contribution in [0.25, 0.3) is 0 Å². The molecule has 40 heavy (non-hydrogen) atoms. The van der Waals surface area contributed by atoms with Gasteiger partial charge in [-0.15, -0.1) is 0 Å². The van der Waals surface area contributed by atoms with Crippen LogP contribution in [0.1, 0.15) is 52.4 Å². The molecule has 0 aromatic heterocycles. The van der Waals surface area contributed by atoms with E-state index >= 15 is 0 Å². The molecule has 0 bridgehead atoms. The predicted molar refractivity (Wildman–Crippen MR) is 145 cm³/mol. The summed E-state index contributed by atoms with van der Waals surface area (Å²) in [5, 5.41) is 14.7. The lowest BCUT2D eigenvalue weighted by Gasteiger charge is -2.24. The first kappa shape index (κ1) is 36.0. The van der Waals surface area contributed by atoms with E-state index in [0.29, 0.717) is 19.4 Å². The van der Waals surface area contributed by atoms with E-state index in [1.54, 1.807) is 6.92 Å². The van der Waals surface area contributed by atoms with Crippen molar-refractivity contribution in [2.75, 3.05) is 26.2 Å². The van der Waals surface area contributed by atoms with Crippen LogP contribution >= 0.6 is 0 Å². The third-order valence-electron chi connectivity index (χ3n) is 5.65. The van der Waals surface area contributed by atoms with Crippen LogP contribution in [-0.4, -0.2) is 91.8 Å².